The zero-order valence-corrected chi connectivity index (χ0v) is 9.04. The van der Waals surface area contributed by atoms with Crippen LogP contribution in [-0.2, 0) is 6.54 Å². The van der Waals surface area contributed by atoms with Crippen LogP contribution in [0.5, 0.6) is 0 Å². The Bertz CT molecular complexity index is 519. The molecule has 0 saturated heterocycles. The van der Waals surface area contributed by atoms with Gasteiger partial charge in [-0.1, -0.05) is 0 Å². The number of hydrogen-bond acceptors (Lipinski definition) is 4. The van der Waals surface area contributed by atoms with E-state index in [1.165, 1.54) is 15.9 Å². The van der Waals surface area contributed by atoms with Crippen LogP contribution >= 0.6 is 23.6 Å². The molecule has 0 spiro atoms. The van der Waals surface area contributed by atoms with Gasteiger partial charge >= 0.3 is 5.69 Å². The molecule has 0 atom stereocenters. The molecule has 0 saturated carbocycles. The molecule has 7 heteroatoms. The number of rotatable bonds is 2. The largest absolute Gasteiger partial charge is 0.342 e. The highest BCUT2D eigenvalue weighted by atomic mass is 32.1. The lowest BCUT2D eigenvalue weighted by molar-refractivity contribution is 0.744. The number of aryl methyl sites for hydroxylation is 1. The van der Waals surface area contributed by atoms with Crippen LogP contribution in [-0.4, -0.2) is 19.7 Å². The van der Waals surface area contributed by atoms with Crippen molar-refractivity contribution in [2.45, 2.75) is 13.5 Å². The Morgan fingerprint density at radius 2 is 2.43 bits per heavy atom. The predicted molar refractivity (Wildman–Crippen MR) is 56.2 cm³/mol. The Balaban J connectivity index is 2.36. The van der Waals surface area contributed by atoms with E-state index in [-0.39, 0.29) is 5.69 Å². The second-order valence-electron chi connectivity index (χ2n) is 2.83. The summed E-state index contributed by atoms with van der Waals surface area (Å²) in [6.45, 7) is 2.34. The van der Waals surface area contributed by atoms with E-state index in [2.05, 4.69) is 15.2 Å². The number of thiazole rings is 1. The first-order valence-electron chi connectivity index (χ1n) is 3.95. The zero-order valence-electron chi connectivity index (χ0n) is 7.40. The second-order valence-corrected chi connectivity index (χ2v) is 4.16. The quantitative estimate of drug-likeness (QED) is 0.755. The third-order valence-corrected chi connectivity index (χ3v) is 3.00. The van der Waals surface area contributed by atoms with Crippen molar-refractivity contribution in [3.05, 3.63) is 31.3 Å². The van der Waals surface area contributed by atoms with Crippen molar-refractivity contribution in [3.8, 4) is 0 Å². The van der Waals surface area contributed by atoms with Crippen molar-refractivity contribution in [2.24, 2.45) is 0 Å². The van der Waals surface area contributed by atoms with Gasteiger partial charge in [-0.25, -0.2) is 14.9 Å². The van der Waals surface area contributed by atoms with E-state index in [0.29, 0.717) is 11.3 Å². The Kier molecular flexibility index (Phi) is 2.34. The van der Waals surface area contributed by atoms with Crippen molar-refractivity contribution in [3.63, 3.8) is 0 Å². The predicted octanol–water partition coefficient (Wildman–Crippen LogP) is 1.05. The molecule has 14 heavy (non-hydrogen) atoms. The summed E-state index contributed by atoms with van der Waals surface area (Å²) in [6, 6.07) is 0. The van der Waals surface area contributed by atoms with Gasteiger partial charge in [0.2, 0.25) is 0 Å². The highest BCUT2D eigenvalue weighted by molar-refractivity contribution is 7.71. The van der Waals surface area contributed by atoms with Gasteiger partial charge in [0.05, 0.1) is 6.54 Å². The molecule has 0 amide bonds. The molecule has 2 N–H and O–H groups in total. The minimum absolute atomic E-state index is 0.233. The lowest BCUT2D eigenvalue weighted by Gasteiger charge is -1.94. The summed E-state index contributed by atoms with van der Waals surface area (Å²) in [7, 11) is 0. The molecule has 0 aliphatic heterocycles. The van der Waals surface area contributed by atoms with E-state index in [4.69, 9.17) is 12.2 Å². The fraction of sp³-hybridized carbons (Fsp3) is 0.286. The summed E-state index contributed by atoms with van der Waals surface area (Å²) in [5.41, 5.74) is 0.728. The molecule has 0 aromatic carbocycles. The third kappa shape index (κ3) is 1.68. The molecule has 2 aromatic heterocycles. The van der Waals surface area contributed by atoms with Gasteiger partial charge in [0, 0.05) is 11.1 Å². The minimum Gasteiger partial charge on any atom is -0.272 e. The standard InChI is InChI=1S/C7H8N4OS2/c1-4-3-14-5(8-4)2-11-6(12)9-10-7(11)13/h3H,2H2,1H3,(H,9,12)(H,10,13). The van der Waals surface area contributed by atoms with Gasteiger partial charge in [-0.2, -0.15) is 0 Å². The highest BCUT2D eigenvalue weighted by Gasteiger charge is 2.04. The van der Waals surface area contributed by atoms with Crippen LogP contribution in [0.15, 0.2) is 10.2 Å². The molecule has 74 valence electrons. The van der Waals surface area contributed by atoms with Crippen LogP contribution in [0, 0.1) is 11.7 Å². The molecule has 0 bridgehead atoms. The summed E-state index contributed by atoms with van der Waals surface area (Å²) in [5.74, 6) is 0. The lowest BCUT2D eigenvalue weighted by atomic mass is 10.6. The van der Waals surface area contributed by atoms with Gasteiger partial charge in [0.25, 0.3) is 0 Å². The molecule has 2 heterocycles. The van der Waals surface area contributed by atoms with E-state index in [1.807, 2.05) is 12.3 Å². The lowest BCUT2D eigenvalue weighted by Crippen LogP contribution is -2.17. The van der Waals surface area contributed by atoms with Gasteiger partial charge in [-0.05, 0) is 19.1 Å². The maximum absolute atomic E-state index is 11.2. The maximum Gasteiger partial charge on any atom is 0.342 e. The van der Waals surface area contributed by atoms with Gasteiger partial charge < -0.3 is 0 Å². The Morgan fingerprint density at radius 3 is 2.93 bits per heavy atom. The average Bonchev–Trinajstić information content (AvgIpc) is 2.67. The van der Waals surface area contributed by atoms with Crippen molar-refractivity contribution >= 4 is 23.6 Å². The van der Waals surface area contributed by atoms with Crippen LogP contribution < -0.4 is 5.69 Å². The molecular formula is C7H8N4OS2. The van der Waals surface area contributed by atoms with Crippen LogP contribution in [0.3, 0.4) is 0 Å². The monoisotopic (exact) mass is 228 g/mol. The van der Waals surface area contributed by atoms with Crippen molar-refractivity contribution < 1.29 is 0 Å². The van der Waals surface area contributed by atoms with Crippen molar-refractivity contribution in [2.75, 3.05) is 0 Å². The van der Waals surface area contributed by atoms with Crippen molar-refractivity contribution in [1.29, 1.82) is 0 Å². The molecule has 2 rings (SSSR count). The van der Waals surface area contributed by atoms with Crippen LogP contribution in [0.25, 0.3) is 0 Å². The fourth-order valence-electron chi connectivity index (χ4n) is 1.09. The molecular weight excluding hydrogens is 220 g/mol. The van der Waals surface area contributed by atoms with Crippen molar-refractivity contribution in [1.82, 2.24) is 19.7 Å². The second kappa shape index (κ2) is 3.50. The van der Waals surface area contributed by atoms with Crippen LogP contribution in [0.2, 0.25) is 0 Å². The topological polar surface area (TPSA) is 66.5 Å². The molecule has 0 fully saturated rings. The van der Waals surface area contributed by atoms with Crippen LogP contribution in [0.4, 0.5) is 0 Å². The van der Waals surface area contributed by atoms with E-state index < -0.39 is 0 Å². The number of hydrogen-bond donors (Lipinski definition) is 2. The summed E-state index contributed by atoms with van der Waals surface area (Å²) < 4.78 is 1.83. The van der Waals surface area contributed by atoms with E-state index in [0.717, 1.165) is 10.7 Å². The summed E-state index contributed by atoms with van der Waals surface area (Å²) in [6.07, 6.45) is 0. The summed E-state index contributed by atoms with van der Waals surface area (Å²) >= 11 is 6.45. The normalized spacial score (nSPS) is 10.6. The van der Waals surface area contributed by atoms with E-state index in [1.54, 1.807) is 0 Å². The SMILES string of the molecule is Cc1csc(Cn2c(=O)[nH][nH]c2=S)n1. The van der Waals surface area contributed by atoms with Gasteiger partial charge in [-0.3, -0.25) is 9.67 Å². The first kappa shape index (κ1) is 9.35. The maximum atomic E-state index is 11.2. The number of nitrogens with one attached hydrogen (secondary N) is 2. The number of aromatic nitrogens is 4. The first-order valence-corrected chi connectivity index (χ1v) is 5.24. The third-order valence-electron chi connectivity index (χ3n) is 1.73. The van der Waals surface area contributed by atoms with Gasteiger partial charge in [-0.15, -0.1) is 11.3 Å². The molecule has 2 aromatic rings. The number of nitrogens with zero attached hydrogens (tertiary/aromatic N) is 2. The Hall–Kier alpha value is -1.21. The molecule has 0 unspecified atom stereocenters. The van der Waals surface area contributed by atoms with Crippen LogP contribution in [0.1, 0.15) is 10.7 Å². The average molecular weight is 228 g/mol. The minimum atomic E-state index is -0.233. The highest BCUT2D eigenvalue weighted by Crippen LogP contribution is 2.09. The van der Waals surface area contributed by atoms with E-state index in [9.17, 15) is 4.79 Å². The van der Waals surface area contributed by atoms with E-state index >= 15 is 0 Å². The number of aromatic amines is 2. The fourth-order valence-corrected chi connectivity index (χ4v) is 2.05. The number of H-pyrrole nitrogens is 2. The smallest absolute Gasteiger partial charge is 0.272 e. The Labute approximate surface area is 88.4 Å². The zero-order chi connectivity index (χ0) is 10.1. The first-order chi connectivity index (χ1) is 6.66. The van der Waals surface area contributed by atoms with Gasteiger partial charge in [0.15, 0.2) is 4.77 Å². The molecule has 0 radical (unpaired) electrons. The van der Waals surface area contributed by atoms with Gasteiger partial charge in [0.1, 0.15) is 5.01 Å². The molecule has 5 nitrogen and oxygen atoms in total. The summed E-state index contributed by atoms with van der Waals surface area (Å²) in [4.78, 5) is 15.5. The summed E-state index contributed by atoms with van der Waals surface area (Å²) in [5, 5.41) is 7.82. The molecule has 0 aliphatic carbocycles. The molecule has 0 aliphatic rings. The Morgan fingerprint density at radius 1 is 1.64 bits per heavy atom.